The van der Waals surface area contributed by atoms with Gasteiger partial charge in [-0.05, 0) is 41.6 Å². The Kier molecular flexibility index (Phi) is 3.22. The average Bonchev–Trinajstić information content (AvgIpc) is 3.13. The Morgan fingerprint density at radius 2 is 2.23 bits per heavy atom. The number of fused-ring (bicyclic) bond motifs is 1. The Morgan fingerprint density at radius 3 is 3.09 bits per heavy atom. The minimum atomic E-state index is 0.0874. The quantitative estimate of drug-likeness (QED) is 0.847. The highest BCUT2D eigenvalue weighted by atomic mass is 32.1. The number of nitrogens with zero attached hydrogens (tertiary/aromatic N) is 3. The van der Waals surface area contributed by atoms with Gasteiger partial charge in [0.2, 0.25) is 0 Å². The zero-order chi connectivity index (χ0) is 15.1. The number of hydrogen-bond donors (Lipinski definition) is 0. The van der Waals surface area contributed by atoms with E-state index in [0.29, 0.717) is 0 Å². The van der Waals surface area contributed by atoms with E-state index in [1.807, 2.05) is 22.8 Å². The third-order valence-corrected chi connectivity index (χ3v) is 5.32. The Labute approximate surface area is 133 Å². The van der Waals surface area contributed by atoms with Crippen LogP contribution in [0.3, 0.4) is 0 Å². The van der Waals surface area contributed by atoms with Crippen molar-refractivity contribution in [3.8, 4) is 0 Å². The highest BCUT2D eigenvalue weighted by molar-refractivity contribution is 7.07. The van der Waals surface area contributed by atoms with E-state index >= 15 is 0 Å². The first-order chi connectivity index (χ1) is 10.7. The predicted molar refractivity (Wildman–Crippen MR) is 89.3 cm³/mol. The Balaban J connectivity index is 1.61. The molecule has 1 atom stereocenters. The third-order valence-electron chi connectivity index (χ3n) is 4.39. The van der Waals surface area contributed by atoms with Gasteiger partial charge in [0.1, 0.15) is 0 Å². The maximum Gasteiger partial charge on any atom is 0.325 e. The molecule has 0 radical (unpaired) electrons. The van der Waals surface area contributed by atoms with Crippen LogP contribution < -0.4 is 14.7 Å². The van der Waals surface area contributed by atoms with Crippen LogP contribution in [0.25, 0.3) is 12.2 Å². The summed E-state index contributed by atoms with van der Waals surface area (Å²) in [6.07, 6.45) is 8.92. The summed E-state index contributed by atoms with van der Waals surface area (Å²) in [6.45, 7) is 3.51. The molecule has 22 heavy (non-hydrogen) atoms. The number of anilines is 1. The van der Waals surface area contributed by atoms with Crippen molar-refractivity contribution in [2.75, 3.05) is 18.0 Å². The average molecular weight is 311 g/mol. The van der Waals surface area contributed by atoms with E-state index in [1.165, 1.54) is 9.75 Å². The van der Waals surface area contributed by atoms with Crippen LogP contribution in [-0.2, 0) is 0 Å². The minimum absolute atomic E-state index is 0.0874. The largest absolute Gasteiger partial charge is 0.325 e. The van der Waals surface area contributed by atoms with Crippen LogP contribution in [0.5, 0.6) is 0 Å². The van der Waals surface area contributed by atoms with E-state index in [1.54, 1.807) is 23.7 Å². The van der Waals surface area contributed by atoms with Gasteiger partial charge < -0.3 is 4.90 Å². The lowest BCUT2D eigenvalue weighted by Crippen LogP contribution is -2.41. The number of carbonyl (C=O) groups excluding carboxylic acids is 1. The van der Waals surface area contributed by atoms with E-state index in [4.69, 9.17) is 0 Å². The fourth-order valence-corrected chi connectivity index (χ4v) is 4.00. The van der Waals surface area contributed by atoms with Crippen LogP contribution in [0.4, 0.5) is 10.5 Å². The molecule has 5 heteroatoms. The van der Waals surface area contributed by atoms with E-state index in [9.17, 15) is 4.79 Å². The molecule has 1 unspecified atom stereocenters. The number of rotatable bonds is 2. The second-order valence-electron chi connectivity index (χ2n) is 5.70. The number of aromatic nitrogens is 1. The first-order valence-corrected chi connectivity index (χ1v) is 8.36. The lowest BCUT2D eigenvalue weighted by Gasteiger charge is -2.26. The lowest BCUT2D eigenvalue weighted by molar-refractivity contribution is 0.214. The van der Waals surface area contributed by atoms with Gasteiger partial charge >= 0.3 is 6.03 Å². The van der Waals surface area contributed by atoms with Gasteiger partial charge in [0.25, 0.3) is 0 Å². The predicted octanol–water partition coefficient (Wildman–Crippen LogP) is 1.73. The molecule has 0 bridgehead atoms. The molecule has 2 amide bonds. The molecule has 1 saturated heterocycles. The zero-order valence-corrected chi connectivity index (χ0v) is 13.2. The van der Waals surface area contributed by atoms with Crippen LogP contribution in [0.15, 0.2) is 29.9 Å². The molecule has 2 aliphatic rings. The van der Waals surface area contributed by atoms with Crippen molar-refractivity contribution < 1.29 is 4.79 Å². The van der Waals surface area contributed by atoms with Crippen molar-refractivity contribution in [3.63, 3.8) is 0 Å². The third kappa shape index (κ3) is 2.13. The summed E-state index contributed by atoms with van der Waals surface area (Å²) in [7, 11) is 0. The van der Waals surface area contributed by atoms with Gasteiger partial charge in [-0.3, -0.25) is 9.88 Å². The molecule has 0 saturated carbocycles. The molecule has 112 valence electrons. The first-order valence-electron chi connectivity index (χ1n) is 7.48. The van der Waals surface area contributed by atoms with Crippen molar-refractivity contribution in [1.29, 1.82) is 0 Å². The van der Waals surface area contributed by atoms with E-state index in [-0.39, 0.29) is 12.1 Å². The van der Waals surface area contributed by atoms with Crippen LogP contribution in [0.1, 0.15) is 12.0 Å². The smallest absolute Gasteiger partial charge is 0.316 e. The molecule has 0 spiro atoms. The molecule has 0 aromatic carbocycles. The number of pyridine rings is 1. The van der Waals surface area contributed by atoms with Crippen molar-refractivity contribution in [2.24, 2.45) is 0 Å². The van der Waals surface area contributed by atoms with Crippen molar-refractivity contribution in [2.45, 2.75) is 19.4 Å². The normalized spacial score (nSPS) is 20.6. The highest BCUT2D eigenvalue weighted by Gasteiger charge is 2.34. The summed E-state index contributed by atoms with van der Waals surface area (Å²) in [6, 6.07) is 4.33. The number of amides is 2. The molecule has 1 aliphatic heterocycles. The second-order valence-corrected chi connectivity index (χ2v) is 6.65. The van der Waals surface area contributed by atoms with Crippen molar-refractivity contribution >= 4 is 35.2 Å². The van der Waals surface area contributed by atoms with E-state index < -0.39 is 0 Å². The highest BCUT2D eigenvalue weighted by Crippen LogP contribution is 2.25. The number of carbonyl (C=O) groups is 1. The minimum Gasteiger partial charge on any atom is -0.316 e. The maximum atomic E-state index is 12.8. The monoisotopic (exact) mass is 311 g/mol. The van der Waals surface area contributed by atoms with Crippen LogP contribution in [-0.4, -0.2) is 35.0 Å². The molecule has 2 aromatic rings. The Bertz CT molecular complexity index is 842. The standard InChI is InChI=1S/C17H17N3OS/c1-12-4-6-18-11-15(12)20-8-7-19(17(20)21)14-2-3-16-13(10-14)5-9-22-16/h3-6,9-11,14H,2,7-8H2,1H3. The lowest BCUT2D eigenvalue weighted by atomic mass is 10.1. The fraction of sp³-hybridized carbons (Fsp3) is 0.294. The number of urea groups is 1. The molecule has 1 aliphatic carbocycles. The van der Waals surface area contributed by atoms with Gasteiger partial charge in [0.05, 0.1) is 17.9 Å². The van der Waals surface area contributed by atoms with Gasteiger partial charge in [0.15, 0.2) is 0 Å². The molecule has 0 N–H and O–H groups in total. The van der Waals surface area contributed by atoms with Gasteiger partial charge in [-0.1, -0.05) is 12.2 Å². The summed E-state index contributed by atoms with van der Waals surface area (Å²) >= 11 is 1.76. The summed E-state index contributed by atoms with van der Waals surface area (Å²) in [4.78, 5) is 20.8. The molecular formula is C17H17N3OS. The van der Waals surface area contributed by atoms with Gasteiger partial charge in [-0.15, -0.1) is 11.3 Å². The summed E-state index contributed by atoms with van der Waals surface area (Å²) in [5.74, 6) is 0. The molecule has 4 rings (SSSR count). The molecular weight excluding hydrogens is 294 g/mol. The van der Waals surface area contributed by atoms with Crippen LogP contribution >= 0.6 is 11.3 Å². The Morgan fingerprint density at radius 1 is 1.32 bits per heavy atom. The fourth-order valence-electron chi connectivity index (χ4n) is 3.18. The van der Waals surface area contributed by atoms with Crippen LogP contribution in [0, 0.1) is 6.92 Å². The maximum absolute atomic E-state index is 12.8. The van der Waals surface area contributed by atoms with Crippen molar-refractivity contribution in [3.05, 3.63) is 45.2 Å². The molecule has 3 heterocycles. The molecule has 2 aromatic heterocycles. The summed E-state index contributed by atoms with van der Waals surface area (Å²) in [5, 5.41) is 3.36. The summed E-state index contributed by atoms with van der Waals surface area (Å²) in [5.41, 5.74) is 2.01. The van der Waals surface area contributed by atoms with E-state index in [0.717, 1.165) is 30.8 Å². The van der Waals surface area contributed by atoms with E-state index in [2.05, 4.69) is 28.6 Å². The Hall–Kier alpha value is -2.14. The molecule has 4 nitrogen and oxygen atoms in total. The number of hydrogen-bond acceptors (Lipinski definition) is 3. The molecule has 1 fully saturated rings. The van der Waals surface area contributed by atoms with Gasteiger partial charge in [-0.2, -0.15) is 0 Å². The van der Waals surface area contributed by atoms with Gasteiger partial charge in [0, 0.05) is 23.8 Å². The zero-order valence-electron chi connectivity index (χ0n) is 12.4. The van der Waals surface area contributed by atoms with Crippen molar-refractivity contribution in [1.82, 2.24) is 9.88 Å². The first kappa shape index (κ1) is 13.5. The SMILES string of the molecule is Cc1ccncc1N1CCN(C2C=c3ccsc3=CC2)C1=O. The second kappa shape index (κ2) is 5.25. The van der Waals surface area contributed by atoms with Crippen LogP contribution in [0.2, 0.25) is 0 Å². The number of thiophene rings is 1. The summed E-state index contributed by atoms with van der Waals surface area (Å²) < 4.78 is 1.32. The topological polar surface area (TPSA) is 36.4 Å². The van der Waals surface area contributed by atoms with Gasteiger partial charge in [-0.25, -0.2) is 4.79 Å². The number of aryl methyl sites for hydroxylation is 1.